The first-order chi connectivity index (χ1) is 13.8. The van der Waals surface area contributed by atoms with Gasteiger partial charge in [0.05, 0.1) is 4.91 Å². The second kappa shape index (κ2) is 8.74. The Balaban J connectivity index is 1.67. The highest BCUT2D eigenvalue weighted by molar-refractivity contribution is 8.18. The van der Waals surface area contributed by atoms with Crippen molar-refractivity contribution >= 4 is 46.5 Å². The highest BCUT2D eigenvalue weighted by Crippen LogP contribution is 2.32. The first kappa shape index (κ1) is 20.3. The lowest BCUT2D eigenvalue weighted by atomic mass is 10.2. The number of hydrogen-bond acceptors (Lipinski definition) is 6. The number of nitrogens with one attached hydrogen (secondary N) is 1. The molecule has 0 aliphatic carbocycles. The molecule has 1 aliphatic rings. The van der Waals surface area contributed by atoms with E-state index in [9.17, 15) is 19.2 Å². The van der Waals surface area contributed by atoms with Crippen LogP contribution in [0.4, 0.5) is 10.5 Å². The van der Waals surface area contributed by atoms with Crippen LogP contribution in [-0.4, -0.2) is 34.5 Å². The van der Waals surface area contributed by atoms with E-state index in [1.165, 1.54) is 6.92 Å². The largest absolute Gasteiger partial charge is 0.427 e. The fraction of sp³-hybridized carbons (Fsp3) is 0.143. The zero-order valence-electron chi connectivity index (χ0n) is 15.8. The number of esters is 1. The van der Waals surface area contributed by atoms with E-state index in [4.69, 9.17) is 4.74 Å². The summed E-state index contributed by atoms with van der Waals surface area (Å²) >= 11 is 0.776. The number of hydrogen-bond donors (Lipinski definition) is 1. The number of rotatable bonds is 5. The van der Waals surface area contributed by atoms with Crippen molar-refractivity contribution in [2.75, 3.05) is 11.9 Å². The van der Waals surface area contributed by atoms with Gasteiger partial charge in [-0.25, -0.2) is 0 Å². The van der Waals surface area contributed by atoms with Crippen LogP contribution in [0.25, 0.3) is 6.08 Å². The van der Waals surface area contributed by atoms with Crippen molar-refractivity contribution in [3.05, 3.63) is 64.6 Å². The van der Waals surface area contributed by atoms with E-state index in [0.29, 0.717) is 17.0 Å². The maximum absolute atomic E-state index is 12.6. The quantitative estimate of drug-likeness (QED) is 0.460. The van der Waals surface area contributed by atoms with Crippen LogP contribution in [0.1, 0.15) is 18.1 Å². The molecule has 0 bridgehead atoms. The van der Waals surface area contributed by atoms with Gasteiger partial charge < -0.3 is 10.1 Å². The molecule has 29 heavy (non-hydrogen) atoms. The number of nitrogens with zero attached hydrogens (tertiary/aromatic N) is 1. The lowest BCUT2D eigenvalue weighted by Crippen LogP contribution is -2.36. The molecule has 0 aromatic heterocycles. The SMILES string of the molecule is CC(=O)Oc1ccc(/C=C2/SC(=O)N(CC(=O)Nc3ccccc3C)C2=O)cc1. The minimum Gasteiger partial charge on any atom is -0.427 e. The predicted octanol–water partition coefficient (Wildman–Crippen LogP) is 3.60. The number of anilines is 1. The highest BCUT2D eigenvalue weighted by atomic mass is 32.2. The number of ether oxygens (including phenoxy) is 1. The third kappa shape index (κ3) is 5.11. The zero-order chi connectivity index (χ0) is 21.0. The Morgan fingerprint density at radius 3 is 2.45 bits per heavy atom. The number of carbonyl (C=O) groups excluding carboxylic acids is 4. The van der Waals surface area contributed by atoms with Crippen molar-refractivity contribution in [1.82, 2.24) is 4.90 Å². The van der Waals surface area contributed by atoms with Gasteiger partial charge in [0, 0.05) is 12.6 Å². The molecule has 1 N–H and O–H groups in total. The maximum Gasteiger partial charge on any atom is 0.308 e. The van der Waals surface area contributed by atoms with Crippen LogP contribution in [-0.2, 0) is 14.4 Å². The van der Waals surface area contributed by atoms with Gasteiger partial charge in [-0.05, 0) is 54.1 Å². The summed E-state index contributed by atoms with van der Waals surface area (Å²) in [6, 6.07) is 13.8. The van der Waals surface area contributed by atoms with Gasteiger partial charge in [-0.15, -0.1) is 0 Å². The molecule has 0 atom stereocenters. The van der Waals surface area contributed by atoms with E-state index in [1.807, 2.05) is 19.1 Å². The average Bonchev–Trinajstić information content (AvgIpc) is 2.92. The lowest BCUT2D eigenvalue weighted by Gasteiger charge is -2.13. The van der Waals surface area contributed by atoms with Gasteiger partial charge in [-0.2, -0.15) is 0 Å². The van der Waals surface area contributed by atoms with Gasteiger partial charge in [0.25, 0.3) is 11.1 Å². The minimum absolute atomic E-state index is 0.221. The van der Waals surface area contributed by atoms with Gasteiger partial charge in [0.1, 0.15) is 12.3 Å². The maximum atomic E-state index is 12.6. The fourth-order valence-electron chi connectivity index (χ4n) is 2.63. The average molecular weight is 410 g/mol. The second-order valence-electron chi connectivity index (χ2n) is 6.29. The predicted molar refractivity (Wildman–Crippen MR) is 110 cm³/mol. The van der Waals surface area contributed by atoms with Crippen LogP contribution in [0.2, 0.25) is 0 Å². The van der Waals surface area contributed by atoms with Crippen molar-refractivity contribution in [2.45, 2.75) is 13.8 Å². The molecule has 8 heteroatoms. The van der Waals surface area contributed by atoms with E-state index in [-0.39, 0.29) is 11.4 Å². The standard InChI is InChI=1S/C21H18N2O5S/c1-13-5-3-4-6-17(13)22-19(25)12-23-20(26)18(29-21(23)27)11-15-7-9-16(10-8-15)28-14(2)24/h3-11H,12H2,1-2H3,(H,22,25)/b18-11+. The van der Waals surface area contributed by atoms with Crippen molar-refractivity contribution in [3.8, 4) is 5.75 Å². The molecule has 0 radical (unpaired) electrons. The molecule has 7 nitrogen and oxygen atoms in total. The van der Waals surface area contributed by atoms with Gasteiger partial charge in [0.2, 0.25) is 5.91 Å². The van der Waals surface area contributed by atoms with Gasteiger partial charge in [0.15, 0.2) is 0 Å². The van der Waals surface area contributed by atoms with E-state index >= 15 is 0 Å². The molecule has 0 saturated carbocycles. The molecule has 1 fully saturated rings. The second-order valence-corrected chi connectivity index (χ2v) is 7.29. The summed E-state index contributed by atoms with van der Waals surface area (Å²) in [5, 5.41) is 2.21. The summed E-state index contributed by atoms with van der Waals surface area (Å²) in [4.78, 5) is 49.1. The third-order valence-electron chi connectivity index (χ3n) is 4.03. The highest BCUT2D eigenvalue weighted by Gasteiger charge is 2.36. The molecule has 1 heterocycles. The Bertz CT molecular complexity index is 1010. The van der Waals surface area contributed by atoms with Crippen molar-refractivity contribution in [1.29, 1.82) is 0 Å². The van der Waals surface area contributed by atoms with Crippen molar-refractivity contribution in [2.24, 2.45) is 0 Å². The fourth-order valence-corrected chi connectivity index (χ4v) is 3.47. The molecule has 148 valence electrons. The topological polar surface area (TPSA) is 92.8 Å². The zero-order valence-corrected chi connectivity index (χ0v) is 16.6. The Morgan fingerprint density at radius 1 is 1.10 bits per heavy atom. The van der Waals surface area contributed by atoms with Crippen LogP contribution in [0.5, 0.6) is 5.75 Å². The summed E-state index contributed by atoms with van der Waals surface area (Å²) in [5.41, 5.74) is 2.18. The van der Waals surface area contributed by atoms with E-state index in [0.717, 1.165) is 22.2 Å². The number of imide groups is 1. The number of amides is 3. The molecule has 0 spiro atoms. The van der Waals surface area contributed by atoms with E-state index < -0.39 is 23.0 Å². The molecule has 2 aromatic rings. The minimum atomic E-state index is -0.524. The number of aryl methyl sites for hydroxylation is 1. The monoisotopic (exact) mass is 410 g/mol. The summed E-state index contributed by atoms with van der Waals surface area (Å²) in [7, 11) is 0. The van der Waals surface area contributed by atoms with Crippen LogP contribution in [0, 0.1) is 6.92 Å². The van der Waals surface area contributed by atoms with Gasteiger partial charge in [-0.1, -0.05) is 30.3 Å². The Hall–Kier alpha value is -3.39. The van der Waals surface area contributed by atoms with Gasteiger partial charge in [-0.3, -0.25) is 24.1 Å². The Labute approximate surface area is 171 Å². The molecule has 1 aliphatic heterocycles. The first-order valence-electron chi connectivity index (χ1n) is 8.73. The smallest absolute Gasteiger partial charge is 0.308 e. The Morgan fingerprint density at radius 2 is 1.79 bits per heavy atom. The first-order valence-corrected chi connectivity index (χ1v) is 9.54. The normalized spacial score (nSPS) is 15.0. The van der Waals surface area contributed by atoms with E-state index in [1.54, 1.807) is 42.5 Å². The summed E-state index contributed by atoms with van der Waals surface area (Å²) in [6.45, 7) is 2.80. The molecular weight excluding hydrogens is 392 g/mol. The Kier molecular flexibility index (Phi) is 6.13. The van der Waals surface area contributed by atoms with Crippen LogP contribution in [0.3, 0.4) is 0 Å². The van der Waals surface area contributed by atoms with Gasteiger partial charge >= 0.3 is 5.97 Å². The van der Waals surface area contributed by atoms with Crippen LogP contribution >= 0.6 is 11.8 Å². The van der Waals surface area contributed by atoms with E-state index in [2.05, 4.69) is 5.32 Å². The summed E-state index contributed by atoms with van der Waals surface area (Å²) in [6.07, 6.45) is 1.56. The lowest BCUT2D eigenvalue weighted by molar-refractivity contribution is -0.131. The summed E-state index contributed by atoms with van der Waals surface area (Å²) < 4.78 is 4.96. The molecule has 3 rings (SSSR count). The molecule has 1 saturated heterocycles. The van der Waals surface area contributed by atoms with Crippen LogP contribution in [0.15, 0.2) is 53.4 Å². The number of carbonyl (C=O) groups is 4. The number of thioether (sulfide) groups is 1. The third-order valence-corrected chi connectivity index (χ3v) is 4.94. The molecule has 2 aromatic carbocycles. The molecule has 3 amide bonds. The van der Waals surface area contributed by atoms with Crippen molar-refractivity contribution < 1.29 is 23.9 Å². The van der Waals surface area contributed by atoms with Crippen molar-refractivity contribution in [3.63, 3.8) is 0 Å². The number of para-hydroxylation sites is 1. The molecular formula is C21H18N2O5S. The number of benzene rings is 2. The molecule has 0 unspecified atom stereocenters. The van der Waals surface area contributed by atoms with Crippen LogP contribution < -0.4 is 10.1 Å². The summed E-state index contributed by atoms with van der Waals surface area (Å²) in [5.74, 6) is -1.02.